The number of amides is 1. The maximum atomic E-state index is 12.2. The van der Waals surface area contributed by atoms with Crippen LogP contribution in [0.15, 0.2) is 11.1 Å². The van der Waals surface area contributed by atoms with Gasteiger partial charge in [0.15, 0.2) is 5.84 Å². The number of carbonyl (C=O) groups is 2. The number of carboxylic acid groups (broad SMARTS) is 1. The van der Waals surface area contributed by atoms with Crippen molar-refractivity contribution in [2.24, 2.45) is 10.9 Å². The number of hydrogen-bond donors (Lipinski definition) is 2. The van der Waals surface area contributed by atoms with Crippen LogP contribution >= 0.6 is 0 Å². The fourth-order valence-electron chi connectivity index (χ4n) is 2.20. The highest BCUT2D eigenvalue weighted by Crippen LogP contribution is 2.26. The monoisotopic (exact) mass is 305 g/mol. The van der Waals surface area contributed by atoms with E-state index in [1.54, 1.807) is 13.8 Å². The Bertz CT molecular complexity index is 682. The lowest BCUT2D eigenvalue weighted by Crippen LogP contribution is -2.50. The number of ether oxygens (including phenoxy) is 1. The SMILES string of the molecule is COc1nc(C2=NC(=O)C(C)(C(C)C)N2)c(C(=O)O)cc1C. The number of nitrogens with one attached hydrogen (secondary N) is 1. The third kappa shape index (κ3) is 2.43. The first-order chi connectivity index (χ1) is 10.2. The summed E-state index contributed by atoms with van der Waals surface area (Å²) in [5.74, 6) is -1.02. The molecule has 1 atom stereocenters. The van der Waals surface area contributed by atoms with Crippen molar-refractivity contribution in [3.8, 4) is 5.88 Å². The zero-order valence-electron chi connectivity index (χ0n) is 13.2. The fourth-order valence-corrected chi connectivity index (χ4v) is 2.20. The van der Waals surface area contributed by atoms with Crippen LogP contribution in [0.3, 0.4) is 0 Å². The van der Waals surface area contributed by atoms with Gasteiger partial charge in [0.05, 0.1) is 12.7 Å². The van der Waals surface area contributed by atoms with Crippen molar-refractivity contribution in [3.05, 3.63) is 22.9 Å². The van der Waals surface area contributed by atoms with E-state index < -0.39 is 11.5 Å². The van der Waals surface area contributed by atoms with E-state index in [0.29, 0.717) is 11.4 Å². The molecule has 0 radical (unpaired) electrons. The highest BCUT2D eigenvalue weighted by Gasteiger charge is 2.43. The number of carboxylic acids is 1. The van der Waals surface area contributed by atoms with E-state index in [9.17, 15) is 14.7 Å². The first kappa shape index (κ1) is 15.9. The zero-order valence-corrected chi connectivity index (χ0v) is 13.2. The molecule has 1 aliphatic heterocycles. The quantitative estimate of drug-likeness (QED) is 0.871. The highest BCUT2D eigenvalue weighted by molar-refractivity contribution is 6.16. The van der Waals surface area contributed by atoms with Gasteiger partial charge in [-0.3, -0.25) is 4.79 Å². The zero-order chi connectivity index (χ0) is 16.7. The molecule has 22 heavy (non-hydrogen) atoms. The first-order valence-corrected chi connectivity index (χ1v) is 6.91. The fraction of sp³-hybridized carbons (Fsp3) is 0.467. The van der Waals surface area contributed by atoms with E-state index >= 15 is 0 Å². The molecule has 1 aromatic heterocycles. The summed E-state index contributed by atoms with van der Waals surface area (Å²) in [6, 6.07) is 1.46. The molecule has 1 aromatic rings. The second kappa shape index (κ2) is 5.40. The number of aromatic carboxylic acids is 1. The molecule has 0 saturated carbocycles. The number of carbonyl (C=O) groups excluding carboxylic acids is 1. The molecule has 1 unspecified atom stereocenters. The van der Waals surface area contributed by atoms with Gasteiger partial charge in [0.25, 0.3) is 5.91 Å². The Morgan fingerprint density at radius 2 is 2.09 bits per heavy atom. The van der Waals surface area contributed by atoms with Crippen LogP contribution in [-0.2, 0) is 4.79 Å². The molecule has 0 spiro atoms. The Hall–Kier alpha value is -2.44. The molecule has 7 heteroatoms. The van der Waals surface area contributed by atoms with Gasteiger partial charge in [0.2, 0.25) is 5.88 Å². The second-order valence-corrected chi connectivity index (χ2v) is 5.76. The van der Waals surface area contributed by atoms with Crippen LogP contribution in [0.2, 0.25) is 0 Å². The Morgan fingerprint density at radius 3 is 2.55 bits per heavy atom. The molecule has 2 N–H and O–H groups in total. The van der Waals surface area contributed by atoms with E-state index in [2.05, 4.69) is 15.3 Å². The Kier molecular flexibility index (Phi) is 3.91. The normalized spacial score (nSPS) is 20.8. The van der Waals surface area contributed by atoms with Crippen molar-refractivity contribution in [2.75, 3.05) is 7.11 Å². The molecular formula is C15H19N3O4. The number of pyridine rings is 1. The molecule has 0 saturated heterocycles. The molecule has 2 rings (SSSR count). The van der Waals surface area contributed by atoms with Gasteiger partial charge in [0, 0.05) is 5.56 Å². The summed E-state index contributed by atoms with van der Waals surface area (Å²) < 4.78 is 5.13. The predicted molar refractivity (Wildman–Crippen MR) is 80.4 cm³/mol. The maximum absolute atomic E-state index is 12.2. The second-order valence-electron chi connectivity index (χ2n) is 5.76. The number of methoxy groups -OCH3 is 1. The number of nitrogens with zero attached hydrogens (tertiary/aromatic N) is 2. The van der Waals surface area contributed by atoms with Crippen molar-refractivity contribution < 1.29 is 19.4 Å². The lowest BCUT2D eigenvalue weighted by molar-refractivity contribution is -0.123. The predicted octanol–water partition coefficient (Wildman–Crippen LogP) is 1.39. The van der Waals surface area contributed by atoms with Gasteiger partial charge in [-0.2, -0.15) is 4.99 Å². The smallest absolute Gasteiger partial charge is 0.338 e. The number of amidine groups is 1. The molecule has 7 nitrogen and oxygen atoms in total. The van der Waals surface area contributed by atoms with E-state index in [-0.39, 0.29) is 28.9 Å². The lowest BCUT2D eigenvalue weighted by Gasteiger charge is -2.27. The van der Waals surface area contributed by atoms with Crippen LogP contribution < -0.4 is 10.1 Å². The third-order valence-corrected chi connectivity index (χ3v) is 4.01. The molecular weight excluding hydrogens is 286 g/mol. The number of aryl methyl sites for hydroxylation is 1. The van der Waals surface area contributed by atoms with Crippen molar-refractivity contribution >= 4 is 17.7 Å². The molecule has 0 aliphatic carbocycles. The Labute approximate surface area is 128 Å². The number of aliphatic imine (C=N–C) groups is 1. The van der Waals surface area contributed by atoms with E-state index in [4.69, 9.17) is 4.74 Å². The van der Waals surface area contributed by atoms with Gasteiger partial charge in [0.1, 0.15) is 11.2 Å². The summed E-state index contributed by atoms with van der Waals surface area (Å²) in [4.78, 5) is 31.8. The summed E-state index contributed by atoms with van der Waals surface area (Å²) in [6.45, 7) is 7.23. The van der Waals surface area contributed by atoms with Gasteiger partial charge in [-0.25, -0.2) is 9.78 Å². The maximum Gasteiger partial charge on any atom is 0.338 e. The van der Waals surface area contributed by atoms with Crippen molar-refractivity contribution in [1.29, 1.82) is 0 Å². The molecule has 0 aromatic carbocycles. The minimum Gasteiger partial charge on any atom is -0.481 e. The largest absolute Gasteiger partial charge is 0.481 e. The van der Waals surface area contributed by atoms with Crippen molar-refractivity contribution in [1.82, 2.24) is 10.3 Å². The average Bonchev–Trinajstić information content (AvgIpc) is 2.75. The summed E-state index contributed by atoms with van der Waals surface area (Å²) in [7, 11) is 1.45. The molecule has 0 bridgehead atoms. The first-order valence-electron chi connectivity index (χ1n) is 6.91. The Morgan fingerprint density at radius 1 is 1.45 bits per heavy atom. The average molecular weight is 305 g/mol. The van der Waals surface area contributed by atoms with Gasteiger partial charge in [-0.1, -0.05) is 13.8 Å². The van der Waals surface area contributed by atoms with Crippen LogP contribution in [0.25, 0.3) is 0 Å². The third-order valence-electron chi connectivity index (χ3n) is 4.01. The minimum atomic E-state index is -1.14. The van der Waals surface area contributed by atoms with E-state index in [0.717, 1.165) is 0 Å². The molecule has 1 aliphatic rings. The van der Waals surface area contributed by atoms with Gasteiger partial charge in [-0.05, 0) is 25.8 Å². The van der Waals surface area contributed by atoms with Crippen LogP contribution in [-0.4, -0.2) is 40.5 Å². The molecule has 118 valence electrons. The van der Waals surface area contributed by atoms with Crippen LogP contribution in [0.4, 0.5) is 0 Å². The summed E-state index contributed by atoms with van der Waals surface area (Å²) in [5, 5.41) is 12.4. The number of hydrogen-bond acceptors (Lipinski definition) is 5. The summed E-state index contributed by atoms with van der Waals surface area (Å²) in [6.07, 6.45) is 0. The standard InChI is InChI=1S/C15H19N3O4/c1-7(2)15(4)14(21)17-11(18-15)10-9(13(19)20)6-8(3)12(16-10)22-5/h6-7H,1-5H3,(H,19,20)(H,17,18,21). The minimum absolute atomic E-state index is 0.0122. The Balaban J connectivity index is 2.56. The van der Waals surface area contributed by atoms with Gasteiger partial charge < -0.3 is 15.2 Å². The molecule has 2 heterocycles. The highest BCUT2D eigenvalue weighted by atomic mass is 16.5. The molecule has 1 amide bonds. The van der Waals surface area contributed by atoms with Crippen LogP contribution in [0.5, 0.6) is 5.88 Å². The summed E-state index contributed by atoms with van der Waals surface area (Å²) in [5.41, 5.74) is -0.191. The van der Waals surface area contributed by atoms with Crippen molar-refractivity contribution in [3.63, 3.8) is 0 Å². The number of aromatic nitrogens is 1. The number of rotatable bonds is 4. The van der Waals surface area contributed by atoms with Crippen LogP contribution in [0.1, 0.15) is 42.4 Å². The topological polar surface area (TPSA) is 101 Å². The summed E-state index contributed by atoms with van der Waals surface area (Å²) >= 11 is 0. The van der Waals surface area contributed by atoms with E-state index in [1.165, 1.54) is 13.2 Å². The van der Waals surface area contributed by atoms with E-state index in [1.807, 2.05) is 13.8 Å². The van der Waals surface area contributed by atoms with Gasteiger partial charge >= 0.3 is 5.97 Å². The van der Waals surface area contributed by atoms with Crippen molar-refractivity contribution in [2.45, 2.75) is 33.2 Å². The van der Waals surface area contributed by atoms with Gasteiger partial charge in [-0.15, -0.1) is 0 Å². The van der Waals surface area contributed by atoms with Crippen LogP contribution in [0, 0.1) is 12.8 Å². The molecule has 0 fully saturated rings. The lowest BCUT2D eigenvalue weighted by atomic mass is 9.88.